The smallest absolute Gasteiger partial charge is 0.311 e. The lowest BCUT2D eigenvalue weighted by molar-refractivity contribution is -0.154. The molecule has 1 amide bonds. The third-order valence-electron chi connectivity index (χ3n) is 3.98. The minimum Gasteiger partial charge on any atom is -0.481 e. The molecule has 2 rings (SSSR count). The summed E-state index contributed by atoms with van der Waals surface area (Å²) in [6.07, 6.45) is 4.11. The number of hydrogen-bond donors (Lipinski definition) is 2. The fourth-order valence-corrected chi connectivity index (χ4v) is 3.77. The third kappa shape index (κ3) is 3.63. The number of aliphatic carboxylic acids is 1. The molecule has 0 bridgehead atoms. The summed E-state index contributed by atoms with van der Waals surface area (Å²) in [7, 11) is 0. The van der Waals surface area contributed by atoms with Gasteiger partial charge in [0.2, 0.25) is 5.91 Å². The fraction of sp³-hybridized carbons (Fsp3) is 0.846. The minimum absolute atomic E-state index is 0.000523. The van der Waals surface area contributed by atoms with Crippen LogP contribution in [-0.2, 0) is 14.3 Å². The number of hydrogen-bond acceptors (Lipinski definition) is 4. The Kier molecular flexibility index (Phi) is 5.10. The molecule has 0 spiro atoms. The number of carboxylic acid groups (broad SMARTS) is 1. The third-order valence-corrected chi connectivity index (χ3v) is 5.35. The molecule has 0 aromatic rings. The number of amides is 1. The summed E-state index contributed by atoms with van der Waals surface area (Å²) in [5.41, 5.74) is -0.840. The normalized spacial score (nSPS) is 26.6. The number of carbonyl (C=O) groups is 2. The SMILES string of the molecule is O=C(NCC1(C(=O)O)CCOCC1)C1CCCCS1. The molecule has 0 aromatic carbocycles. The van der Waals surface area contributed by atoms with E-state index in [0.717, 1.165) is 18.6 Å². The molecule has 2 fully saturated rings. The molecule has 0 aliphatic carbocycles. The molecule has 108 valence electrons. The number of ether oxygens (including phenoxy) is 1. The average Bonchev–Trinajstić information content (AvgIpc) is 2.46. The summed E-state index contributed by atoms with van der Waals surface area (Å²) in [5, 5.41) is 12.2. The van der Waals surface area contributed by atoms with Crippen LogP contribution in [0.5, 0.6) is 0 Å². The van der Waals surface area contributed by atoms with Crippen molar-refractivity contribution in [1.82, 2.24) is 5.32 Å². The van der Waals surface area contributed by atoms with E-state index in [4.69, 9.17) is 4.74 Å². The molecule has 2 heterocycles. The molecule has 5 nitrogen and oxygen atoms in total. The second kappa shape index (κ2) is 6.61. The highest BCUT2D eigenvalue weighted by Gasteiger charge is 2.40. The molecule has 2 aliphatic rings. The molecule has 2 saturated heterocycles. The van der Waals surface area contributed by atoms with E-state index in [1.807, 2.05) is 0 Å². The topological polar surface area (TPSA) is 75.6 Å². The molecule has 2 N–H and O–H groups in total. The number of rotatable bonds is 4. The zero-order valence-electron chi connectivity index (χ0n) is 11.0. The Hall–Kier alpha value is -0.750. The first-order chi connectivity index (χ1) is 9.14. The van der Waals surface area contributed by atoms with Crippen LogP contribution in [0.1, 0.15) is 32.1 Å². The summed E-state index contributed by atoms with van der Waals surface area (Å²) >= 11 is 1.68. The van der Waals surface area contributed by atoms with Crippen LogP contribution in [0.2, 0.25) is 0 Å². The van der Waals surface area contributed by atoms with Gasteiger partial charge in [0.05, 0.1) is 10.7 Å². The van der Waals surface area contributed by atoms with Crippen molar-refractivity contribution in [3.05, 3.63) is 0 Å². The summed E-state index contributed by atoms with van der Waals surface area (Å²) in [4.78, 5) is 23.5. The summed E-state index contributed by atoms with van der Waals surface area (Å²) in [6, 6.07) is 0. The van der Waals surface area contributed by atoms with E-state index in [2.05, 4.69) is 5.32 Å². The second-order valence-corrected chi connectivity index (χ2v) is 6.58. The van der Waals surface area contributed by atoms with E-state index in [9.17, 15) is 14.7 Å². The van der Waals surface area contributed by atoms with E-state index in [1.54, 1.807) is 11.8 Å². The molecule has 19 heavy (non-hydrogen) atoms. The van der Waals surface area contributed by atoms with Crippen molar-refractivity contribution in [2.75, 3.05) is 25.5 Å². The highest BCUT2D eigenvalue weighted by molar-refractivity contribution is 8.00. The molecule has 6 heteroatoms. The molecular weight excluding hydrogens is 266 g/mol. The Labute approximate surface area is 117 Å². The average molecular weight is 287 g/mol. The monoisotopic (exact) mass is 287 g/mol. The van der Waals surface area contributed by atoms with Gasteiger partial charge in [-0.15, -0.1) is 11.8 Å². The van der Waals surface area contributed by atoms with Crippen molar-refractivity contribution in [2.45, 2.75) is 37.4 Å². The van der Waals surface area contributed by atoms with Crippen molar-refractivity contribution >= 4 is 23.6 Å². The molecule has 0 aromatic heterocycles. The summed E-state index contributed by atoms with van der Waals surface area (Å²) < 4.78 is 5.22. The maximum absolute atomic E-state index is 12.0. The van der Waals surface area contributed by atoms with E-state index in [0.29, 0.717) is 26.1 Å². The molecule has 1 unspecified atom stereocenters. The van der Waals surface area contributed by atoms with Crippen LogP contribution < -0.4 is 5.32 Å². The summed E-state index contributed by atoms with van der Waals surface area (Å²) in [6.45, 7) is 1.14. The Balaban J connectivity index is 1.87. The maximum atomic E-state index is 12.0. The largest absolute Gasteiger partial charge is 0.481 e. The second-order valence-electron chi connectivity index (χ2n) is 5.27. The number of nitrogens with one attached hydrogen (secondary N) is 1. The van der Waals surface area contributed by atoms with E-state index in [1.165, 1.54) is 6.42 Å². The van der Waals surface area contributed by atoms with E-state index < -0.39 is 11.4 Å². The fourth-order valence-electron chi connectivity index (χ4n) is 2.55. The van der Waals surface area contributed by atoms with E-state index in [-0.39, 0.29) is 17.7 Å². The quantitative estimate of drug-likeness (QED) is 0.814. The first-order valence-corrected chi connectivity index (χ1v) is 7.89. The Morgan fingerprint density at radius 3 is 2.63 bits per heavy atom. The standard InChI is InChI=1S/C13H21NO4S/c15-11(10-3-1-2-8-19-10)14-9-13(12(16)17)4-6-18-7-5-13/h10H,1-9H2,(H,14,15)(H,16,17). The van der Waals surface area contributed by atoms with Crippen LogP contribution in [-0.4, -0.2) is 47.7 Å². The lowest BCUT2D eigenvalue weighted by atomic mass is 9.80. The minimum atomic E-state index is -0.840. The molecule has 0 saturated carbocycles. The molecule has 1 atom stereocenters. The van der Waals surface area contributed by atoms with Gasteiger partial charge in [-0.05, 0) is 31.4 Å². The predicted octanol–water partition coefficient (Wildman–Crippen LogP) is 1.27. The molecule has 2 aliphatic heterocycles. The van der Waals surface area contributed by atoms with Crippen molar-refractivity contribution in [3.8, 4) is 0 Å². The predicted molar refractivity (Wildman–Crippen MR) is 73.2 cm³/mol. The highest BCUT2D eigenvalue weighted by atomic mass is 32.2. The van der Waals surface area contributed by atoms with Gasteiger partial charge in [-0.25, -0.2) is 0 Å². The lowest BCUT2D eigenvalue weighted by Gasteiger charge is -2.33. The lowest BCUT2D eigenvalue weighted by Crippen LogP contribution is -2.48. The Morgan fingerprint density at radius 2 is 2.05 bits per heavy atom. The van der Waals surface area contributed by atoms with Crippen LogP contribution in [0, 0.1) is 5.41 Å². The Bertz CT molecular complexity index is 336. The van der Waals surface area contributed by atoms with Gasteiger partial charge in [0.25, 0.3) is 0 Å². The van der Waals surface area contributed by atoms with Gasteiger partial charge in [-0.1, -0.05) is 6.42 Å². The van der Waals surface area contributed by atoms with Crippen LogP contribution >= 0.6 is 11.8 Å². The van der Waals surface area contributed by atoms with Gasteiger partial charge in [0, 0.05) is 19.8 Å². The van der Waals surface area contributed by atoms with Crippen molar-refractivity contribution in [3.63, 3.8) is 0 Å². The number of carbonyl (C=O) groups excluding carboxylic acids is 1. The van der Waals surface area contributed by atoms with Crippen LogP contribution in [0.15, 0.2) is 0 Å². The van der Waals surface area contributed by atoms with Crippen molar-refractivity contribution in [2.24, 2.45) is 5.41 Å². The van der Waals surface area contributed by atoms with E-state index >= 15 is 0 Å². The van der Waals surface area contributed by atoms with Crippen LogP contribution in [0.4, 0.5) is 0 Å². The maximum Gasteiger partial charge on any atom is 0.311 e. The first-order valence-electron chi connectivity index (χ1n) is 6.84. The van der Waals surface area contributed by atoms with Crippen molar-refractivity contribution in [1.29, 1.82) is 0 Å². The van der Waals surface area contributed by atoms with Gasteiger partial charge >= 0.3 is 5.97 Å². The molecular formula is C13H21NO4S. The number of carboxylic acids is 1. The van der Waals surface area contributed by atoms with Gasteiger partial charge in [0.1, 0.15) is 0 Å². The van der Waals surface area contributed by atoms with Gasteiger partial charge < -0.3 is 15.2 Å². The van der Waals surface area contributed by atoms with Crippen LogP contribution in [0.25, 0.3) is 0 Å². The van der Waals surface area contributed by atoms with Gasteiger partial charge in [0.15, 0.2) is 0 Å². The zero-order chi connectivity index (χ0) is 13.7. The molecule has 0 radical (unpaired) electrons. The van der Waals surface area contributed by atoms with Crippen molar-refractivity contribution < 1.29 is 19.4 Å². The summed E-state index contributed by atoms with van der Waals surface area (Å²) in [5.74, 6) is 0.194. The van der Waals surface area contributed by atoms with Gasteiger partial charge in [-0.3, -0.25) is 9.59 Å². The zero-order valence-corrected chi connectivity index (χ0v) is 11.8. The Morgan fingerprint density at radius 1 is 1.32 bits per heavy atom. The van der Waals surface area contributed by atoms with Crippen LogP contribution in [0.3, 0.4) is 0 Å². The van der Waals surface area contributed by atoms with Gasteiger partial charge in [-0.2, -0.15) is 0 Å². The number of thioether (sulfide) groups is 1. The highest BCUT2D eigenvalue weighted by Crippen LogP contribution is 2.31. The first kappa shape index (κ1) is 14.7.